The molecule has 7 heteroatoms. The first-order chi connectivity index (χ1) is 12.1. The standard InChI is InChI=1S/C18H28F2N4O/c1-14-7-10-24(11-8-14)12-9-22-18(21-2)23-13-15-5-3-4-6-16(15)25-17(19)20/h3-6,14,17H,7-13H2,1-2H3,(H2,21,22,23). The Morgan fingerprint density at radius 3 is 2.68 bits per heavy atom. The van der Waals surface area contributed by atoms with Crippen LogP contribution in [0.25, 0.3) is 0 Å². The number of hydrogen-bond acceptors (Lipinski definition) is 3. The van der Waals surface area contributed by atoms with Gasteiger partial charge in [-0.15, -0.1) is 0 Å². The van der Waals surface area contributed by atoms with Crippen LogP contribution in [0.4, 0.5) is 8.78 Å². The molecule has 0 atom stereocenters. The molecule has 2 rings (SSSR count). The number of benzene rings is 1. The van der Waals surface area contributed by atoms with E-state index >= 15 is 0 Å². The largest absolute Gasteiger partial charge is 0.434 e. The maximum atomic E-state index is 12.4. The van der Waals surface area contributed by atoms with E-state index in [1.807, 2.05) is 0 Å². The number of rotatable bonds is 7. The second kappa shape index (κ2) is 10.2. The predicted molar refractivity (Wildman–Crippen MR) is 96.1 cm³/mol. The maximum Gasteiger partial charge on any atom is 0.387 e. The average Bonchev–Trinajstić information content (AvgIpc) is 2.60. The van der Waals surface area contributed by atoms with E-state index in [0.29, 0.717) is 18.1 Å². The second-order valence-electron chi connectivity index (χ2n) is 6.36. The number of nitrogens with zero attached hydrogens (tertiary/aromatic N) is 2. The molecule has 1 heterocycles. The summed E-state index contributed by atoms with van der Waals surface area (Å²) in [6.07, 6.45) is 2.52. The van der Waals surface area contributed by atoms with Crippen LogP contribution in [0, 0.1) is 5.92 Å². The van der Waals surface area contributed by atoms with Gasteiger partial charge in [0.05, 0.1) is 0 Å². The summed E-state index contributed by atoms with van der Waals surface area (Å²) in [5.41, 5.74) is 0.663. The zero-order valence-corrected chi connectivity index (χ0v) is 15.0. The third-order valence-corrected chi connectivity index (χ3v) is 4.46. The van der Waals surface area contributed by atoms with Crippen molar-refractivity contribution in [3.8, 4) is 5.75 Å². The van der Waals surface area contributed by atoms with Gasteiger partial charge in [-0.05, 0) is 37.9 Å². The van der Waals surface area contributed by atoms with Gasteiger partial charge in [-0.2, -0.15) is 8.78 Å². The number of nitrogens with one attached hydrogen (secondary N) is 2. The molecule has 0 bridgehead atoms. The fraction of sp³-hybridized carbons (Fsp3) is 0.611. The minimum atomic E-state index is -2.83. The van der Waals surface area contributed by atoms with Gasteiger partial charge in [0.2, 0.25) is 0 Å². The van der Waals surface area contributed by atoms with E-state index < -0.39 is 6.61 Å². The highest BCUT2D eigenvalue weighted by molar-refractivity contribution is 5.79. The molecule has 1 aromatic rings. The quantitative estimate of drug-likeness (QED) is 0.584. The summed E-state index contributed by atoms with van der Waals surface area (Å²) in [6.45, 7) is 3.90. The van der Waals surface area contributed by atoms with Gasteiger partial charge in [-0.1, -0.05) is 25.1 Å². The Kier molecular flexibility index (Phi) is 7.91. The molecule has 5 nitrogen and oxygen atoms in total. The zero-order chi connectivity index (χ0) is 18.1. The molecule has 0 aliphatic carbocycles. The van der Waals surface area contributed by atoms with Gasteiger partial charge < -0.3 is 20.3 Å². The Labute approximate surface area is 148 Å². The molecule has 25 heavy (non-hydrogen) atoms. The van der Waals surface area contributed by atoms with Gasteiger partial charge >= 0.3 is 6.61 Å². The summed E-state index contributed by atoms with van der Waals surface area (Å²) in [4.78, 5) is 6.63. The van der Waals surface area contributed by atoms with Crippen molar-refractivity contribution >= 4 is 5.96 Å². The van der Waals surface area contributed by atoms with E-state index in [0.717, 1.165) is 32.1 Å². The van der Waals surface area contributed by atoms with Crippen molar-refractivity contribution in [3.05, 3.63) is 29.8 Å². The molecule has 1 aromatic carbocycles. The molecule has 0 spiro atoms. The summed E-state index contributed by atoms with van der Waals surface area (Å²) in [6, 6.07) is 6.76. The highest BCUT2D eigenvalue weighted by Gasteiger charge is 2.15. The number of alkyl halides is 2. The smallest absolute Gasteiger partial charge is 0.387 e. The fourth-order valence-electron chi connectivity index (χ4n) is 2.88. The number of aliphatic imine (C=N–C) groups is 1. The Morgan fingerprint density at radius 1 is 1.28 bits per heavy atom. The van der Waals surface area contributed by atoms with Gasteiger partial charge in [0, 0.05) is 32.2 Å². The summed E-state index contributed by atoms with van der Waals surface area (Å²) < 4.78 is 29.4. The van der Waals surface area contributed by atoms with E-state index in [1.54, 1.807) is 25.2 Å². The van der Waals surface area contributed by atoms with Crippen LogP contribution in [-0.4, -0.2) is 50.7 Å². The Hall–Kier alpha value is -1.89. The molecule has 0 radical (unpaired) electrons. The van der Waals surface area contributed by atoms with Gasteiger partial charge in [0.15, 0.2) is 5.96 Å². The molecule has 2 N–H and O–H groups in total. The zero-order valence-electron chi connectivity index (χ0n) is 15.0. The van der Waals surface area contributed by atoms with Gasteiger partial charge in [-0.25, -0.2) is 0 Å². The van der Waals surface area contributed by atoms with Crippen molar-refractivity contribution in [3.63, 3.8) is 0 Å². The lowest BCUT2D eigenvalue weighted by Crippen LogP contribution is -2.43. The Bertz CT molecular complexity index is 546. The monoisotopic (exact) mass is 354 g/mol. The molecule has 1 saturated heterocycles. The fourth-order valence-corrected chi connectivity index (χ4v) is 2.88. The van der Waals surface area contributed by atoms with Crippen molar-refractivity contribution in [2.45, 2.75) is 32.9 Å². The third kappa shape index (κ3) is 6.86. The van der Waals surface area contributed by atoms with Gasteiger partial charge in [-0.3, -0.25) is 4.99 Å². The summed E-state index contributed by atoms with van der Waals surface area (Å²) in [7, 11) is 1.69. The van der Waals surface area contributed by atoms with Crippen molar-refractivity contribution < 1.29 is 13.5 Å². The number of hydrogen-bond donors (Lipinski definition) is 2. The number of guanidine groups is 1. The number of halogens is 2. The second-order valence-corrected chi connectivity index (χ2v) is 6.36. The minimum Gasteiger partial charge on any atom is -0.434 e. The SMILES string of the molecule is CN=C(NCCN1CCC(C)CC1)NCc1ccccc1OC(F)F. The molecule has 1 fully saturated rings. The third-order valence-electron chi connectivity index (χ3n) is 4.46. The number of ether oxygens (including phenoxy) is 1. The first-order valence-electron chi connectivity index (χ1n) is 8.78. The van der Waals surface area contributed by atoms with Crippen LogP contribution in [0.3, 0.4) is 0 Å². The van der Waals surface area contributed by atoms with Gasteiger partial charge in [0.25, 0.3) is 0 Å². The van der Waals surface area contributed by atoms with Crippen LogP contribution in [-0.2, 0) is 6.54 Å². The van der Waals surface area contributed by atoms with E-state index in [-0.39, 0.29) is 5.75 Å². The molecular formula is C18H28F2N4O. The van der Waals surface area contributed by atoms with Crippen molar-refractivity contribution in [2.24, 2.45) is 10.9 Å². The first kappa shape index (κ1) is 19.4. The molecule has 0 aromatic heterocycles. The van der Waals surface area contributed by atoms with E-state index in [1.165, 1.54) is 18.9 Å². The molecule has 0 unspecified atom stereocenters. The summed E-state index contributed by atoms with van der Waals surface area (Å²) >= 11 is 0. The van der Waals surface area contributed by atoms with Crippen molar-refractivity contribution in [1.29, 1.82) is 0 Å². The molecule has 140 valence electrons. The van der Waals surface area contributed by atoms with Crippen LogP contribution in [0.2, 0.25) is 0 Å². The highest BCUT2D eigenvalue weighted by Crippen LogP contribution is 2.20. The average molecular weight is 354 g/mol. The molecule has 0 amide bonds. The molecule has 0 saturated carbocycles. The molecule has 1 aliphatic heterocycles. The lowest BCUT2D eigenvalue weighted by molar-refractivity contribution is -0.0504. The van der Waals surface area contributed by atoms with Crippen molar-refractivity contribution in [1.82, 2.24) is 15.5 Å². The summed E-state index contributed by atoms with van der Waals surface area (Å²) in [5.74, 6) is 1.66. The van der Waals surface area contributed by atoms with E-state index in [9.17, 15) is 8.78 Å². The van der Waals surface area contributed by atoms with Gasteiger partial charge in [0.1, 0.15) is 5.75 Å². The number of para-hydroxylation sites is 1. The first-order valence-corrected chi connectivity index (χ1v) is 8.78. The normalized spacial score (nSPS) is 16.9. The Morgan fingerprint density at radius 2 is 2.00 bits per heavy atom. The minimum absolute atomic E-state index is 0.183. The van der Waals surface area contributed by atoms with Crippen LogP contribution < -0.4 is 15.4 Å². The lowest BCUT2D eigenvalue weighted by atomic mass is 9.99. The highest BCUT2D eigenvalue weighted by atomic mass is 19.3. The summed E-state index contributed by atoms with van der Waals surface area (Å²) in [5, 5.41) is 6.41. The van der Waals surface area contributed by atoms with Crippen LogP contribution in [0.1, 0.15) is 25.3 Å². The van der Waals surface area contributed by atoms with Crippen LogP contribution >= 0.6 is 0 Å². The topological polar surface area (TPSA) is 48.9 Å². The number of piperidine rings is 1. The lowest BCUT2D eigenvalue weighted by Gasteiger charge is -2.30. The van der Waals surface area contributed by atoms with E-state index in [2.05, 4.69) is 32.2 Å². The van der Waals surface area contributed by atoms with Crippen LogP contribution in [0.5, 0.6) is 5.75 Å². The molecular weight excluding hydrogens is 326 g/mol. The maximum absolute atomic E-state index is 12.4. The Balaban J connectivity index is 1.75. The number of likely N-dealkylation sites (tertiary alicyclic amines) is 1. The molecule has 1 aliphatic rings. The predicted octanol–water partition coefficient (Wildman–Crippen LogP) is 2.68. The van der Waals surface area contributed by atoms with E-state index in [4.69, 9.17) is 0 Å². The van der Waals surface area contributed by atoms with Crippen LogP contribution in [0.15, 0.2) is 29.3 Å². The van der Waals surface area contributed by atoms with Crippen molar-refractivity contribution in [2.75, 3.05) is 33.2 Å².